The smallest absolute Gasteiger partial charge is 0.185 e. The van der Waals surface area contributed by atoms with Gasteiger partial charge >= 0.3 is 0 Å². The van der Waals surface area contributed by atoms with E-state index in [-0.39, 0.29) is 31.0 Å². The number of halogens is 1. The largest absolute Gasteiger partial charge is 0.394 e. The molecule has 2 unspecified atom stereocenters. The molecular formula is C23H23FN6O3. The summed E-state index contributed by atoms with van der Waals surface area (Å²) in [7, 11) is 1.88. The number of rotatable bonds is 6. The van der Waals surface area contributed by atoms with Gasteiger partial charge in [-0.05, 0) is 30.3 Å². The minimum absolute atomic E-state index is 0.0936. The Hall–Kier alpha value is -3.47. The number of aliphatic hydroxyl groups is 1. The Labute approximate surface area is 189 Å². The third kappa shape index (κ3) is 3.82. The summed E-state index contributed by atoms with van der Waals surface area (Å²) >= 11 is 0. The number of Topliss-reactive ketones (excluding diaryl/α,β-unsaturated/α-hetero) is 1. The van der Waals surface area contributed by atoms with E-state index in [1.165, 1.54) is 18.5 Å². The first-order chi connectivity index (χ1) is 16.1. The molecule has 10 heteroatoms. The molecule has 3 N–H and O–H groups in total. The number of anilines is 1. The van der Waals surface area contributed by atoms with E-state index in [1.54, 1.807) is 4.68 Å². The Morgan fingerprint density at radius 3 is 2.88 bits per heavy atom. The first kappa shape index (κ1) is 21.4. The number of aromatic nitrogens is 3. The van der Waals surface area contributed by atoms with Crippen molar-refractivity contribution in [2.45, 2.75) is 25.1 Å². The molecule has 170 valence electrons. The fourth-order valence-corrected chi connectivity index (χ4v) is 4.43. The van der Waals surface area contributed by atoms with Gasteiger partial charge in [0.25, 0.3) is 0 Å². The summed E-state index contributed by atoms with van der Waals surface area (Å²) in [4.78, 5) is 27.8. The van der Waals surface area contributed by atoms with Crippen molar-refractivity contribution in [2.24, 2.45) is 4.99 Å². The second-order valence-corrected chi connectivity index (χ2v) is 7.96. The fraction of sp³-hybridized carbons (Fsp3) is 0.304. The van der Waals surface area contributed by atoms with Gasteiger partial charge in [-0.1, -0.05) is 24.3 Å². The van der Waals surface area contributed by atoms with E-state index >= 15 is 0 Å². The van der Waals surface area contributed by atoms with Crippen LogP contribution in [0.15, 0.2) is 47.7 Å². The Kier molecular flexibility index (Phi) is 5.71. The van der Waals surface area contributed by atoms with Crippen LogP contribution in [0.25, 0.3) is 0 Å². The summed E-state index contributed by atoms with van der Waals surface area (Å²) in [6, 6.07) is 10.5. The topological polar surface area (TPSA) is 114 Å². The van der Waals surface area contributed by atoms with E-state index in [9.17, 15) is 14.3 Å². The highest BCUT2D eigenvalue weighted by atomic mass is 19.1. The molecule has 33 heavy (non-hydrogen) atoms. The highest BCUT2D eigenvalue weighted by Crippen LogP contribution is 2.43. The maximum absolute atomic E-state index is 14.3. The number of aliphatic imine (C=N–C) groups is 1. The van der Waals surface area contributed by atoms with Crippen molar-refractivity contribution in [1.82, 2.24) is 20.1 Å². The summed E-state index contributed by atoms with van der Waals surface area (Å²) < 4.78 is 15.9. The van der Waals surface area contributed by atoms with E-state index in [0.29, 0.717) is 22.8 Å². The normalized spacial score (nSPS) is 19.5. The summed E-state index contributed by atoms with van der Waals surface area (Å²) in [5.74, 6) is -0.822. The number of nitrogens with zero attached hydrogens (tertiary/aromatic N) is 4. The van der Waals surface area contributed by atoms with Crippen molar-refractivity contribution in [1.29, 1.82) is 0 Å². The van der Waals surface area contributed by atoms with E-state index in [0.717, 1.165) is 17.7 Å². The average molecular weight is 450 g/mol. The summed E-state index contributed by atoms with van der Waals surface area (Å²) in [5, 5.41) is 16.9. The van der Waals surface area contributed by atoms with Gasteiger partial charge in [0.2, 0.25) is 0 Å². The quantitative estimate of drug-likeness (QED) is 0.526. The monoisotopic (exact) mass is 450 g/mol. The van der Waals surface area contributed by atoms with Crippen LogP contribution in [0.3, 0.4) is 0 Å². The number of aliphatic hydroxyl groups excluding tert-OH is 1. The zero-order valence-corrected chi connectivity index (χ0v) is 18.0. The number of carbonyl (C=O) groups is 1. The van der Waals surface area contributed by atoms with Gasteiger partial charge in [0.1, 0.15) is 30.6 Å². The predicted octanol–water partition coefficient (Wildman–Crippen LogP) is 2.00. The molecule has 2 aromatic carbocycles. The summed E-state index contributed by atoms with van der Waals surface area (Å²) in [6.45, 7) is 0.747. The second-order valence-electron chi connectivity index (χ2n) is 7.96. The van der Waals surface area contributed by atoms with Gasteiger partial charge < -0.3 is 10.4 Å². The second kappa shape index (κ2) is 8.81. The molecule has 0 amide bonds. The molecule has 0 aliphatic carbocycles. The van der Waals surface area contributed by atoms with E-state index in [4.69, 9.17) is 4.84 Å². The van der Waals surface area contributed by atoms with Crippen LogP contribution >= 0.6 is 0 Å². The minimum atomic E-state index is -0.606. The molecule has 0 radical (unpaired) electrons. The van der Waals surface area contributed by atoms with E-state index in [1.807, 2.05) is 31.3 Å². The average Bonchev–Trinajstić information content (AvgIpc) is 3.19. The molecule has 2 atom stereocenters. The van der Waals surface area contributed by atoms with Crippen LogP contribution < -0.4 is 10.8 Å². The number of benzene rings is 2. The van der Waals surface area contributed by atoms with Gasteiger partial charge in [0.15, 0.2) is 5.78 Å². The Bertz CT molecular complexity index is 1220. The molecule has 0 fully saturated rings. The molecule has 2 aliphatic heterocycles. The summed E-state index contributed by atoms with van der Waals surface area (Å²) in [6.07, 6.45) is 0.808. The third-order valence-electron chi connectivity index (χ3n) is 5.87. The molecule has 0 saturated heterocycles. The first-order valence-corrected chi connectivity index (χ1v) is 10.7. The molecule has 1 aromatic heterocycles. The number of hydrogen-bond donors (Lipinski definition) is 3. The lowest BCUT2D eigenvalue weighted by Gasteiger charge is -2.27. The maximum atomic E-state index is 14.3. The van der Waals surface area contributed by atoms with Crippen LogP contribution in [-0.4, -0.2) is 51.6 Å². The van der Waals surface area contributed by atoms with E-state index in [2.05, 4.69) is 25.9 Å². The van der Waals surface area contributed by atoms with Crippen LogP contribution in [0.2, 0.25) is 0 Å². The first-order valence-electron chi connectivity index (χ1n) is 10.7. The van der Waals surface area contributed by atoms with Crippen molar-refractivity contribution in [2.75, 3.05) is 25.7 Å². The number of hydrogen-bond acceptors (Lipinski definition) is 8. The standard InChI is InChI=1S/C23H23FN6O3/c1-25-10-13-2-4-14(5-3-13)22-20(23-27-12-28-30(23)6-7-31)21-19-16(18(32)11-26-21)8-15(24)9-17(19)29-33-22/h2-5,8-9,12,20,22,25,29,31H,6-7,10-11H2,1H3. The van der Waals surface area contributed by atoms with Crippen LogP contribution in [-0.2, 0) is 17.9 Å². The SMILES string of the molecule is CNCc1ccc(C2ONc3cc(F)cc4c3C(=NCC4=O)C2c2ncnn2CCO)cc1. The molecule has 9 nitrogen and oxygen atoms in total. The number of ketones is 1. The lowest BCUT2D eigenvalue weighted by molar-refractivity contribution is 0.0914. The Morgan fingerprint density at radius 2 is 2.12 bits per heavy atom. The van der Waals surface area contributed by atoms with Crippen LogP contribution in [0, 0.1) is 5.82 Å². The lowest BCUT2D eigenvalue weighted by Crippen LogP contribution is -2.30. The molecule has 2 aliphatic rings. The third-order valence-corrected chi connectivity index (χ3v) is 5.87. The Balaban J connectivity index is 1.69. The molecule has 3 heterocycles. The van der Waals surface area contributed by atoms with E-state index < -0.39 is 17.8 Å². The molecule has 0 bridgehead atoms. The van der Waals surface area contributed by atoms with Crippen LogP contribution in [0.4, 0.5) is 10.1 Å². The van der Waals surface area contributed by atoms with Crippen molar-refractivity contribution in [3.63, 3.8) is 0 Å². The maximum Gasteiger partial charge on any atom is 0.185 e. The Morgan fingerprint density at radius 1 is 1.30 bits per heavy atom. The fourth-order valence-electron chi connectivity index (χ4n) is 4.43. The van der Waals surface area contributed by atoms with Gasteiger partial charge in [0.05, 0.1) is 30.5 Å². The molecular weight excluding hydrogens is 427 g/mol. The molecule has 0 saturated carbocycles. The highest BCUT2D eigenvalue weighted by Gasteiger charge is 2.41. The molecule has 0 spiro atoms. The van der Waals surface area contributed by atoms with Crippen molar-refractivity contribution in [3.05, 3.63) is 76.6 Å². The van der Waals surface area contributed by atoms with Gasteiger partial charge in [-0.15, -0.1) is 0 Å². The van der Waals surface area contributed by atoms with Gasteiger partial charge in [-0.25, -0.2) is 14.1 Å². The number of nitrogens with one attached hydrogen (secondary N) is 2. The summed E-state index contributed by atoms with van der Waals surface area (Å²) in [5.41, 5.74) is 6.49. The van der Waals surface area contributed by atoms with Crippen LogP contribution in [0.1, 0.15) is 44.9 Å². The van der Waals surface area contributed by atoms with Gasteiger partial charge in [0, 0.05) is 17.7 Å². The van der Waals surface area contributed by atoms with Gasteiger partial charge in [-0.2, -0.15) is 5.10 Å². The van der Waals surface area contributed by atoms with Crippen molar-refractivity contribution in [3.8, 4) is 0 Å². The zero-order chi connectivity index (χ0) is 22.9. The van der Waals surface area contributed by atoms with Crippen molar-refractivity contribution < 1.29 is 19.1 Å². The molecule has 3 aromatic rings. The minimum Gasteiger partial charge on any atom is -0.394 e. The molecule has 5 rings (SSSR count). The lowest BCUT2D eigenvalue weighted by atomic mass is 9.83. The highest BCUT2D eigenvalue weighted by molar-refractivity contribution is 6.20. The zero-order valence-electron chi connectivity index (χ0n) is 18.0. The number of carbonyl (C=O) groups excluding carboxylic acids is 1. The predicted molar refractivity (Wildman–Crippen MR) is 119 cm³/mol. The van der Waals surface area contributed by atoms with Gasteiger partial charge in [-0.3, -0.25) is 20.1 Å². The van der Waals surface area contributed by atoms with Crippen LogP contribution in [0.5, 0.6) is 0 Å². The van der Waals surface area contributed by atoms with Crippen molar-refractivity contribution >= 4 is 17.2 Å².